The van der Waals surface area contributed by atoms with Crippen molar-refractivity contribution < 1.29 is 19.8 Å². The van der Waals surface area contributed by atoms with Gasteiger partial charge in [-0.3, -0.25) is 0 Å². The summed E-state index contributed by atoms with van der Waals surface area (Å²) in [5.41, 5.74) is 2.11. The first kappa shape index (κ1) is 34.8. The van der Waals surface area contributed by atoms with E-state index in [9.17, 15) is 19.8 Å². The van der Waals surface area contributed by atoms with Crippen LogP contribution in [-0.2, 0) is 9.59 Å². The van der Waals surface area contributed by atoms with E-state index in [1.165, 1.54) is 63.5 Å². The standard InChI is InChI=1S/2C13H24O2.Mg/c2*1-3-5-7-9-12(11-13(14)15)10-8-6-4-2;/h2*11H,3-10H2,1-2H3,(H,14,15);/q;;+2/p-2. The Morgan fingerprint density at radius 1 is 0.516 bits per heavy atom. The molecule has 0 N–H and O–H groups in total. The maximum Gasteiger partial charge on any atom is 2.00 e. The molecule has 0 aromatic carbocycles. The molecule has 0 amide bonds. The fourth-order valence-corrected chi connectivity index (χ4v) is 3.28. The van der Waals surface area contributed by atoms with E-state index in [1.54, 1.807) is 0 Å². The van der Waals surface area contributed by atoms with Crippen LogP contribution >= 0.6 is 0 Å². The van der Waals surface area contributed by atoms with Gasteiger partial charge in [0, 0.05) is 0 Å². The molecule has 0 saturated carbocycles. The van der Waals surface area contributed by atoms with Gasteiger partial charge in [0.15, 0.2) is 0 Å². The molecular weight excluding hydrogens is 401 g/mol. The number of unbranched alkanes of at least 4 members (excludes halogenated alkanes) is 8. The Balaban J connectivity index is -0.000000490. The molecule has 0 aliphatic heterocycles. The van der Waals surface area contributed by atoms with Gasteiger partial charge in [0.2, 0.25) is 0 Å². The maximum absolute atomic E-state index is 10.5. The second-order valence-corrected chi connectivity index (χ2v) is 8.07. The Labute approximate surface area is 208 Å². The van der Waals surface area contributed by atoms with E-state index < -0.39 is 11.9 Å². The summed E-state index contributed by atoms with van der Waals surface area (Å²) >= 11 is 0. The summed E-state index contributed by atoms with van der Waals surface area (Å²) in [4.78, 5) is 21.0. The van der Waals surface area contributed by atoms with Gasteiger partial charge in [-0.1, -0.05) is 90.2 Å². The molecule has 0 aliphatic carbocycles. The van der Waals surface area contributed by atoms with E-state index in [0.717, 1.165) is 62.5 Å². The van der Waals surface area contributed by atoms with Gasteiger partial charge in [-0.25, -0.2) is 0 Å². The number of allylic oxidation sites excluding steroid dienone is 2. The zero-order valence-corrected chi connectivity index (χ0v) is 22.2. The van der Waals surface area contributed by atoms with Gasteiger partial charge in [-0.15, -0.1) is 0 Å². The molecule has 0 radical (unpaired) electrons. The number of rotatable bonds is 18. The largest absolute Gasteiger partial charge is 2.00 e. The first-order valence-electron chi connectivity index (χ1n) is 12.2. The van der Waals surface area contributed by atoms with E-state index in [-0.39, 0.29) is 23.1 Å². The van der Waals surface area contributed by atoms with E-state index in [0.29, 0.717) is 0 Å². The quantitative estimate of drug-likeness (QED) is 0.163. The number of carboxylic acids is 2. The van der Waals surface area contributed by atoms with Crippen LogP contribution in [0.25, 0.3) is 0 Å². The average molecular weight is 447 g/mol. The molecule has 0 aromatic rings. The van der Waals surface area contributed by atoms with Crippen LogP contribution < -0.4 is 10.2 Å². The van der Waals surface area contributed by atoms with Crippen molar-refractivity contribution in [2.45, 2.75) is 130 Å². The van der Waals surface area contributed by atoms with Crippen LogP contribution in [0.1, 0.15) is 130 Å². The first-order valence-corrected chi connectivity index (χ1v) is 12.2. The Kier molecular flexibility index (Phi) is 30.5. The molecule has 0 aromatic heterocycles. The van der Waals surface area contributed by atoms with Crippen LogP contribution in [-0.4, -0.2) is 35.0 Å². The van der Waals surface area contributed by atoms with Crippen LogP contribution in [0.5, 0.6) is 0 Å². The summed E-state index contributed by atoms with van der Waals surface area (Å²) in [5, 5.41) is 21.0. The van der Waals surface area contributed by atoms with Crippen LogP contribution in [0, 0.1) is 0 Å². The van der Waals surface area contributed by atoms with Crippen molar-refractivity contribution in [3.05, 3.63) is 23.3 Å². The molecule has 0 atom stereocenters. The summed E-state index contributed by atoms with van der Waals surface area (Å²) in [6, 6.07) is 0. The molecule has 0 saturated heterocycles. The van der Waals surface area contributed by atoms with Gasteiger partial charge in [0.1, 0.15) is 0 Å². The van der Waals surface area contributed by atoms with Gasteiger partial charge < -0.3 is 19.8 Å². The summed E-state index contributed by atoms with van der Waals surface area (Å²) < 4.78 is 0. The minimum absolute atomic E-state index is 0. The predicted molar refractivity (Wildman–Crippen MR) is 129 cm³/mol. The number of carbonyl (C=O) groups is 2. The first-order chi connectivity index (χ1) is 14.4. The topological polar surface area (TPSA) is 80.3 Å². The third-order valence-corrected chi connectivity index (χ3v) is 5.05. The molecule has 0 rings (SSSR count). The van der Waals surface area contributed by atoms with Crippen molar-refractivity contribution in [1.82, 2.24) is 0 Å². The Morgan fingerprint density at radius 2 is 0.742 bits per heavy atom. The predicted octanol–water partition coefficient (Wildman–Crippen LogP) is 5.27. The number of hydrogen-bond donors (Lipinski definition) is 0. The molecular formula is C26H46MgO4. The second kappa shape index (κ2) is 27.2. The van der Waals surface area contributed by atoms with Gasteiger partial charge in [0.05, 0.1) is 11.9 Å². The molecule has 5 heteroatoms. The van der Waals surface area contributed by atoms with Crippen molar-refractivity contribution in [3.63, 3.8) is 0 Å². The van der Waals surface area contributed by atoms with Gasteiger partial charge in [-0.05, 0) is 63.5 Å². The van der Waals surface area contributed by atoms with Crippen molar-refractivity contribution in [3.8, 4) is 0 Å². The fraction of sp³-hybridized carbons (Fsp3) is 0.769. The average Bonchev–Trinajstić information content (AvgIpc) is 2.68. The number of carbonyl (C=O) groups excluding carboxylic acids is 2. The Morgan fingerprint density at radius 3 is 0.903 bits per heavy atom. The molecule has 0 bridgehead atoms. The normalized spacial score (nSPS) is 9.68. The number of aliphatic carboxylic acids is 2. The zero-order valence-electron chi connectivity index (χ0n) is 20.8. The van der Waals surface area contributed by atoms with E-state index >= 15 is 0 Å². The van der Waals surface area contributed by atoms with E-state index in [1.807, 2.05) is 0 Å². The van der Waals surface area contributed by atoms with Crippen molar-refractivity contribution in [2.24, 2.45) is 0 Å². The van der Waals surface area contributed by atoms with E-state index in [2.05, 4.69) is 27.7 Å². The zero-order chi connectivity index (χ0) is 23.0. The van der Waals surface area contributed by atoms with E-state index in [4.69, 9.17) is 0 Å². The van der Waals surface area contributed by atoms with Crippen LogP contribution in [0.15, 0.2) is 23.3 Å². The monoisotopic (exact) mass is 446 g/mol. The van der Waals surface area contributed by atoms with Crippen molar-refractivity contribution >= 4 is 35.0 Å². The molecule has 4 nitrogen and oxygen atoms in total. The number of carboxylic acid groups (broad SMARTS) is 2. The molecule has 0 spiro atoms. The Bertz CT molecular complexity index is 416. The molecule has 31 heavy (non-hydrogen) atoms. The van der Waals surface area contributed by atoms with Crippen LogP contribution in [0.4, 0.5) is 0 Å². The molecule has 0 aliphatic rings. The van der Waals surface area contributed by atoms with Gasteiger partial charge >= 0.3 is 23.1 Å². The minimum Gasteiger partial charge on any atom is -0.545 e. The fourth-order valence-electron chi connectivity index (χ4n) is 3.28. The molecule has 0 heterocycles. The smallest absolute Gasteiger partial charge is 0.545 e. The summed E-state index contributed by atoms with van der Waals surface area (Å²) in [5.74, 6) is -2.09. The van der Waals surface area contributed by atoms with Crippen molar-refractivity contribution in [1.29, 1.82) is 0 Å². The third kappa shape index (κ3) is 29.2. The second-order valence-electron chi connectivity index (χ2n) is 8.07. The SMILES string of the molecule is CCCCCC(=CC(=O)[O-])CCCCC.CCCCCC(=CC(=O)[O-])CCCCC.[Mg+2]. The van der Waals surface area contributed by atoms with Crippen molar-refractivity contribution in [2.75, 3.05) is 0 Å². The van der Waals surface area contributed by atoms with Crippen LogP contribution in [0.2, 0.25) is 0 Å². The summed E-state index contributed by atoms with van der Waals surface area (Å²) in [6.07, 6.45) is 20.1. The molecule has 176 valence electrons. The Hall–Kier alpha value is -0.814. The van der Waals surface area contributed by atoms with Gasteiger partial charge in [-0.2, -0.15) is 0 Å². The summed E-state index contributed by atoms with van der Waals surface area (Å²) in [6.45, 7) is 8.61. The minimum atomic E-state index is -1.04. The number of hydrogen-bond acceptors (Lipinski definition) is 4. The molecule has 0 unspecified atom stereocenters. The third-order valence-electron chi connectivity index (χ3n) is 5.05. The van der Waals surface area contributed by atoms with Crippen LogP contribution in [0.3, 0.4) is 0 Å². The summed E-state index contributed by atoms with van der Waals surface area (Å²) in [7, 11) is 0. The maximum atomic E-state index is 10.5. The van der Waals surface area contributed by atoms with Gasteiger partial charge in [0.25, 0.3) is 0 Å². The molecule has 0 fully saturated rings.